The first-order valence-corrected chi connectivity index (χ1v) is 15.5. The molecule has 0 bridgehead atoms. The van der Waals surface area contributed by atoms with Crippen molar-refractivity contribution in [2.24, 2.45) is 0 Å². The van der Waals surface area contributed by atoms with Crippen LogP contribution in [0.15, 0.2) is 170 Å². The zero-order valence-electron chi connectivity index (χ0n) is 27.8. The van der Waals surface area contributed by atoms with Crippen LogP contribution in [0.5, 0.6) is 0 Å². The Labute approximate surface area is 263 Å². The van der Waals surface area contributed by atoms with Crippen LogP contribution in [-0.2, 0) is 5.41 Å². The molecular formula is C43H52. The minimum atomic E-state index is -0.357. The predicted octanol–water partition coefficient (Wildman–Crippen LogP) is 12.7. The van der Waals surface area contributed by atoms with E-state index in [9.17, 15) is 0 Å². The number of rotatable bonds is 5. The lowest BCUT2D eigenvalue weighted by molar-refractivity contribution is 0.762. The summed E-state index contributed by atoms with van der Waals surface area (Å²) in [6.45, 7) is 24.5. The fraction of sp³-hybridized carbons (Fsp3) is 0.209. The molecule has 0 unspecified atom stereocenters. The fourth-order valence-electron chi connectivity index (χ4n) is 5.01. The van der Waals surface area contributed by atoms with Crippen molar-refractivity contribution in [1.82, 2.24) is 0 Å². The third-order valence-corrected chi connectivity index (χ3v) is 6.70. The van der Waals surface area contributed by atoms with Crippen molar-refractivity contribution in [3.05, 3.63) is 198 Å². The highest BCUT2D eigenvalue weighted by atomic mass is 14.5. The van der Waals surface area contributed by atoms with E-state index >= 15 is 0 Å². The number of allylic oxidation sites excluding steroid dienone is 8. The molecule has 4 aromatic rings. The van der Waals surface area contributed by atoms with Crippen molar-refractivity contribution in [3.63, 3.8) is 0 Å². The van der Waals surface area contributed by atoms with Gasteiger partial charge in [-0.25, -0.2) is 0 Å². The molecule has 1 aliphatic carbocycles. The summed E-state index contributed by atoms with van der Waals surface area (Å²) in [5.74, 6) is 0. The number of benzene rings is 4. The number of hydrogen-bond donors (Lipinski definition) is 0. The Bertz CT molecular complexity index is 1390. The Hall–Kier alpha value is -4.42. The Morgan fingerprint density at radius 2 is 1.05 bits per heavy atom. The van der Waals surface area contributed by atoms with Gasteiger partial charge in [-0.2, -0.15) is 0 Å². The minimum Gasteiger partial charge on any atom is -0.0987 e. The van der Waals surface area contributed by atoms with E-state index < -0.39 is 0 Å². The van der Waals surface area contributed by atoms with Gasteiger partial charge in [0.1, 0.15) is 0 Å². The van der Waals surface area contributed by atoms with Crippen LogP contribution in [0, 0.1) is 6.92 Å². The largest absolute Gasteiger partial charge is 0.0987 e. The van der Waals surface area contributed by atoms with E-state index in [1.165, 1.54) is 44.5 Å². The molecule has 0 saturated heterocycles. The van der Waals surface area contributed by atoms with Crippen LogP contribution < -0.4 is 0 Å². The van der Waals surface area contributed by atoms with E-state index in [0.29, 0.717) is 0 Å². The molecule has 43 heavy (non-hydrogen) atoms. The lowest BCUT2D eigenvalue weighted by Gasteiger charge is -2.34. The van der Waals surface area contributed by atoms with Crippen molar-refractivity contribution < 1.29 is 0 Å². The first-order valence-electron chi connectivity index (χ1n) is 15.5. The Kier molecular flexibility index (Phi) is 17.4. The molecule has 0 N–H and O–H groups in total. The van der Waals surface area contributed by atoms with Gasteiger partial charge in [0.05, 0.1) is 5.41 Å². The van der Waals surface area contributed by atoms with Gasteiger partial charge in [-0.05, 0) is 61.1 Å². The first-order chi connectivity index (χ1) is 21.0. The van der Waals surface area contributed by atoms with E-state index in [-0.39, 0.29) is 5.41 Å². The zero-order chi connectivity index (χ0) is 32.1. The zero-order valence-corrected chi connectivity index (χ0v) is 27.8. The molecule has 0 aliphatic heterocycles. The van der Waals surface area contributed by atoms with Gasteiger partial charge in [-0.3, -0.25) is 0 Å². The molecule has 0 atom stereocenters. The normalized spacial score (nSPS) is 11.9. The number of aryl methyl sites for hydroxylation is 1. The van der Waals surface area contributed by atoms with Crippen LogP contribution in [0.25, 0.3) is 5.57 Å². The molecule has 4 aromatic carbocycles. The maximum absolute atomic E-state index is 4.16. The summed E-state index contributed by atoms with van der Waals surface area (Å²) in [7, 11) is 0. The molecule has 0 heteroatoms. The van der Waals surface area contributed by atoms with Crippen LogP contribution >= 0.6 is 0 Å². The van der Waals surface area contributed by atoms with Crippen molar-refractivity contribution in [2.45, 2.75) is 60.8 Å². The van der Waals surface area contributed by atoms with Gasteiger partial charge in [0.15, 0.2) is 0 Å². The van der Waals surface area contributed by atoms with Gasteiger partial charge in [0.25, 0.3) is 0 Å². The second-order valence-electron chi connectivity index (χ2n) is 9.69. The maximum Gasteiger partial charge on any atom is 0.0713 e. The fourth-order valence-corrected chi connectivity index (χ4v) is 5.01. The van der Waals surface area contributed by atoms with Gasteiger partial charge < -0.3 is 0 Å². The summed E-state index contributed by atoms with van der Waals surface area (Å²) in [4.78, 5) is 0. The van der Waals surface area contributed by atoms with Crippen molar-refractivity contribution >= 4 is 5.57 Å². The highest BCUT2D eigenvalue weighted by Gasteiger charge is 2.45. The molecule has 224 valence electrons. The molecule has 0 nitrogen and oxygen atoms in total. The molecule has 1 aliphatic rings. The van der Waals surface area contributed by atoms with E-state index in [4.69, 9.17) is 0 Å². The molecule has 0 radical (unpaired) electrons. The van der Waals surface area contributed by atoms with Crippen molar-refractivity contribution in [1.29, 1.82) is 0 Å². The molecule has 5 rings (SSSR count). The summed E-state index contributed by atoms with van der Waals surface area (Å²) >= 11 is 0. The minimum absolute atomic E-state index is 0.357. The summed E-state index contributed by atoms with van der Waals surface area (Å²) in [5, 5.41) is 0. The number of fused-ring (bicyclic) bond motifs is 1. The molecular weight excluding hydrogens is 516 g/mol. The van der Waals surface area contributed by atoms with Crippen LogP contribution in [0.2, 0.25) is 0 Å². The smallest absolute Gasteiger partial charge is 0.0713 e. The van der Waals surface area contributed by atoms with E-state index in [1.54, 1.807) is 0 Å². The molecule has 0 fully saturated rings. The van der Waals surface area contributed by atoms with Gasteiger partial charge in [0.2, 0.25) is 0 Å². The van der Waals surface area contributed by atoms with E-state index in [1.807, 2.05) is 77.1 Å². The lowest BCUT2D eigenvalue weighted by Crippen LogP contribution is -2.29. The predicted molar refractivity (Wildman–Crippen MR) is 195 cm³/mol. The van der Waals surface area contributed by atoms with Crippen molar-refractivity contribution in [2.75, 3.05) is 0 Å². The highest BCUT2D eigenvalue weighted by molar-refractivity contribution is 5.91. The Morgan fingerprint density at radius 3 is 1.40 bits per heavy atom. The molecule has 0 saturated carbocycles. The van der Waals surface area contributed by atoms with Crippen molar-refractivity contribution in [3.8, 4) is 0 Å². The topological polar surface area (TPSA) is 0 Å². The van der Waals surface area contributed by atoms with Gasteiger partial charge in [-0.1, -0.05) is 198 Å². The summed E-state index contributed by atoms with van der Waals surface area (Å²) in [6, 6.07) is 40.3. The van der Waals surface area contributed by atoms with Crippen LogP contribution in [0.3, 0.4) is 0 Å². The van der Waals surface area contributed by atoms with Crippen LogP contribution in [-0.4, -0.2) is 0 Å². The first kappa shape index (κ1) is 36.6. The third kappa shape index (κ3) is 9.55. The Morgan fingerprint density at radius 1 is 0.605 bits per heavy atom. The highest BCUT2D eigenvalue weighted by Crippen LogP contribution is 2.54. The van der Waals surface area contributed by atoms with Crippen LogP contribution in [0.1, 0.15) is 76.3 Å². The molecule has 0 amide bonds. The quantitative estimate of drug-likeness (QED) is 0.210. The number of hydrogen-bond acceptors (Lipinski definition) is 0. The molecule has 0 heterocycles. The molecule has 0 spiro atoms. The SMILES string of the molecule is C/C=C\C=C(C)C.C=CC1=C(C=C)C(c2ccccc2)(c2ccccc2)c2ccccc21.CC.CC.Cc1ccccc1. The van der Waals surface area contributed by atoms with Gasteiger partial charge in [-0.15, -0.1) is 0 Å². The summed E-state index contributed by atoms with van der Waals surface area (Å²) < 4.78 is 0. The summed E-state index contributed by atoms with van der Waals surface area (Å²) in [6.07, 6.45) is 10.1. The van der Waals surface area contributed by atoms with Gasteiger partial charge in [0, 0.05) is 0 Å². The second-order valence-corrected chi connectivity index (χ2v) is 9.69. The second kappa shape index (κ2) is 20.5. The van der Waals surface area contributed by atoms with E-state index in [2.05, 4.69) is 137 Å². The lowest BCUT2D eigenvalue weighted by atomic mass is 9.67. The average Bonchev–Trinajstić information content (AvgIpc) is 3.37. The maximum atomic E-state index is 4.16. The Balaban J connectivity index is 0.000000423. The standard InChI is InChI=1S/C25H20.C7H8.C7H12.2C2H6/c1-3-21-22-17-11-12-18-24(22)25(23(21)4-2,19-13-7-5-8-14-19)20-15-9-6-10-16-20;1-7-5-3-2-4-6-7;1-4-5-6-7(2)3;2*1-2/h3-18H,1-2H2;2-6H,1H3;4-6H,1-3H3;2*1-2H3/b;;5-4-;;. The average molecular weight is 569 g/mol. The molecule has 0 aromatic heterocycles. The van der Waals surface area contributed by atoms with Crippen LogP contribution in [0.4, 0.5) is 0 Å². The monoisotopic (exact) mass is 568 g/mol. The summed E-state index contributed by atoms with van der Waals surface area (Å²) in [5.41, 5.74) is 9.70. The third-order valence-electron chi connectivity index (χ3n) is 6.70. The van der Waals surface area contributed by atoms with E-state index in [0.717, 1.165) is 0 Å². The van der Waals surface area contributed by atoms with Gasteiger partial charge >= 0.3 is 0 Å².